The molecule has 1 aromatic heterocycles. The number of aromatic nitrogens is 3. The van der Waals surface area contributed by atoms with Gasteiger partial charge in [0.1, 0.15) is 18.2 Å². The topological polar surface area (TPSA) is 112 Å². The smallest absolute Gasteiger partial charge is 0.248 e. The molecule has 3 saturated heterocycles. The van der Waals surface area contributed by atoms with E-state index in [-0.39, 0.29) is 37.5 Å². The van der Waals surface area contributed by atoms with Gasteiger partial charge >= 0.3 is 0 Å². The minimum absolute atomic E-state index is 0.0611. The summed E-state index contributed by atoms with van der Waals surface area (Å²) < 4.78 is 0.481. The first kappa shape index (κ1) is 33.0. The number of para-hydroxylation sites is 1. The SMILES string of the molecule is C=CCN(Cn1nnc2ccccc21)C(=O)C1N(CCCCCO)C(=O)[C@@H]2[C@@H](C(=O)N(CC=C)Cc3ccccc3)[C@@]3(C)CCC12S3. The molecule has 248 valence electrons. The number of nitrogens with zero attached hydrogens (tertiary/aromatic N) is 6. The molecule has 10 nitrogen and oxygen atoms in total. The molecule has 0 saturated carbocycles. The summed E-state index contributed by atoms with van der Waals surface area (Å²) in [6, 6.07) is 16.7. The van der Waals surface area contributed by atoms with Crippen molar-refractivity contribution >= 4 is 40.5 Å². The van der Waals surface area contributed by atoms with E-state index in [2.05, 4.69) is 30.4 Å². The molecule has 1 N–H and O–H groups in total. The van der Waals surface area contributed by atoms with Crippen LogP contribution in [-0.2, 0) is 27.6 Å². The molecule has 1 spiro atoms. The second-order valence-electron chi connectivity index (χ2n) is 13.1. The number of amides is 3. The van der Waals surface area contributed by atoms with Crippen molar-refractivity contribution in [2.24, 2.45) is 11.8 Å². The molecule has 47 heavy (non-hydrogen) atoms. The van der Waals surface area contributed by atoms with Gasteiger partial charge in [0.25, 0.3) is 0 Å². The fourth-order valence-corrected chi connectivity index (χ4v) is 10.4. The number of unbranched alkanes of at least 4 members (excludes halogenated alkanes) is 2. The lowest BCUT2D eigenvalue weighted by Crippen LogP contribution is -2.55. The Balaban J connectivity index is 1.36. The normalized spacial score (nSPS) is 26.0. The van der Waals surface area contributed by atoms with Crippen molar-refractivity contribution in [2.75, 3.05) is 26.2 Å². The van der Waals surface area contributed by atoms with Crippen LogP contribution >= 0.6 is 11.8 Å². The Labute approximate surface area is 280 Å². The fraction of sp³-hybridized carbons (Fsp3) is 0.472. The van der Waals surface area contributed by atoms with Crippen molar-refractivity contribution in [3.63, 3.8) is 0 Å². The molecule has 2 unspecified atom stereocenters. The van der Waals surface area contributed by atoms with Crippen LogP contribution in [0.2, 0.25) is 0 Å². The van der Waals surface area contributed by atoms with Crippen LogP contribution in [0, 0.1) is 11.8 Å². The van der Waals surface area contributed by atoms with Crippen molar-refractivity contribution in [1.82, 2.24) is 29.7 Å². The molecule has 0 radical (unpaired) electrons. The van der Waals surface area contributed by atoms with Crippen LogP contribution in [0.4, 0.5) is 0 Å². The second-order valence-corrected chi connectivity index (χ2v) is 15.0. The Morgan fingerprint density at radius 1 is 1.00 bits per heavy atom. The van der Waals surface area contributed by atoms with Crippen molar-refractivity contribution in [3.05, 3.63) is 85.5 Å². The minimum Gasteiger partial charge on any atom is -0.396 e. The Morgan fingerprint density at radius 3 is 2.47 bits per heavy atom. The van der Waals surface area contributed by atoms with E-state index in [9.17, 15) is 19.5 Å². The van der Waals surface area contributed by atoms with Crippen LogP contribution in [0.1, 0.15) is 44.6 Å². The molecule has 3 fully saturated rings. The van der Waals surface area contributed by atoms with Gasteiger partial charge in [0.2, 0.25) is 17.7 Å². The van der Waals surface area contributed by atoms with Gasteiger partial charge in [-0.05, 0) is 56.7 Å². The standard InChI is InChI=1S/C36H44N6O4S/c1-4-20-39(24-26-14-8-6-9-15-26)32(44)29-30-33(45)41(22-12-7-13-23-43)31(36(30)19-18-35(29,3)47-36)34(46)40(21-5-2)25-42-28-17-11-10-16-27(28)37-38-42/h4-6,8-11,14-17,29-31,43H,1-2,7,12-13,18-25H2,3H3/t29-,30-,31?,35+,36?/m0/s1. The Bertz CT molecular complexity index is 1650. The molecule has 2 aromatic carbocycles. The van der Waals surface area contributed by atoms with Gasteiger partial charge in [-0.3, -0.25) is 14.4 Å². The molecule has 5 atom stereocenters. The number of benzene rings is 2. The average molecular weight is 657 g/mol. The summed E-state index contributed by atoms with van der Waals surface area (Å²) in [7, 11) is 0. The maximum atomic E-state index is 14.9. The number of aliphatic hydroxyl groups is 1. The number of fused-ring (bicyclic) bond motifs is 2. The van der Waals surface area contributed by atoms with Gasteiger partial charge in [0.05, 0.1) is 22.1 Å². The van der Waals surface area contributed by atoms with Crippen molar-refractivity contribution in [3.8, 4) is 0 Å². The highest BCUT2D eigenvalue weighted by Gasteiger charge is 2.77. The molecule has 3 aliphatic heterocycles. The maximum absolute atomic E-state index is 14.9. The zero-order chi connectivity index (χ0) is 33.2. The Hall–Kier alpha value is -3.96. The molecule has 2 bridgehead atoms. The quantitative estimate of drug-likeness (QED) is 0.192. The number of hydrogen-bond acceptors (Lipinski definition) is 7. The number of carbonyl (C=O) groups excluding carboxylic acids is 3. The van der Waals surface area contributed by atoms with Crippen LogP contribution in [0.3, 0.4) is 0 Å². The third kappa shape index (κ3) is 5.88. The zero-order valence-corrected chi connectivity index (χ0v) is 27.9. The van der Waals surface area contributed by atoms with Gasteiger partial charge in [-0.1, -0.05) is 59.8 Å². The Kier molecular flexibility index (Phi) is 9.57. The van der Waals surface area contributed by atoms with Gasteiger partial charge in [0.15, 0.2) is 0 Å². The van der Waals surface area contributed by atoms with Crippen molar-refractivity contribution in [1.29, 1.82) is 0 Å². The predicted molar refractivity (Wildman–Crippen MR) is 183 cm³/mol. The lowest BCUT2D eigenvalue weighted by atomic mass is 9.66. The molecule has 6 rings (SSSR count). The monoisotopic (exact) mass is 656 g/mol. The number of carbonyl (C=O) groups is 3. The van der Waals surface area contributed by atoms with E-state index in [0.717, 1.165) is 29.4 Å². The van der Waals surface area contributed by atoms with E-state index in [0.29, 0.717) is 38.9 Å². The van der Waals surface area contributed by atoms with Gasteiger partial charge in [-0.2, -0.15) is 0 Å². The summed E-state index contributed by atoms with van der Waals surface area (Å²) in [6.07, 6.45) is 6.85. The number of rotatable bonds is 15. The molecule has 3 aromatic rings. The summed E-state index contributed by atoms with van der Waals surface area (Å²) in [5, 5.41) is 18.0. The van der Waals surface area contributed by atoms with Gasteiger partial charge in [-0.15, -0.1) is 30.0 Å². The molecular formula is C36H44N6O4S. The van der Waals surface area contributed by atoms with E-state index in [4.69, 9.17) is 0 Å². The molecule has 3 amide bonds. The summed E-state index contributed by atoms with van der Waals surface area (Å²) >= 11 is 1.68. The van der Waals surface area contributed by atoms with Crippen LogP contribution in [0.25, 0.3) is 11.0 Å². The lowest BCUT2D eigenvalue weighted by Gasteiger charge is -2.38. The highest BCUT2D eigenvalue weighted by Crippen LogP contribution is 2.71. The molecular weight excluding hydrogens is 613 g/mol. The molecule has 11 heteroatoms. The van der Waals surface area contributed by atoms with E-state index in [1.807, 2.05) is 54.6 Å². The van der Waals surface area contributed by atoms with E-state index in [1.54, 1.807) is 43.3 Å². The van der Waals surface area contributed by atoms with Crippen LogP contribution < -0.4 is 0 Å². The van der Waals surface area contributed by atoms with Gasteiger partial charge < -0.3 is 19.8 Å². The highest BCUT2D eigenvalue weighted by molar-refractivity contribution is 8.02. The maximum Gasteiger partial charge on any atom is 0.248 e. The largest absolute Gasteiger partial charge is 0.396 e. The fourth-order valence-electron chi connectivity index (χ4n) is 8.01. The number of aliphatic hydroxyl groups excluding tert-OH is 1. The first-order valence-electron chi connectivity index (χ1n) is 16.5. The number of thioether (sulfide) groups is 1. The third-order valence-corrected chi connectivity index (χ3v) is 12.1. The summed E-state index contributed by atoms with van der Waals surface area (Å²) in [5.74, 6) is -1.54. The van der Waals surface area contributed by atoms with Crippen LogP contribution in [0.15, 0.2) is 79.9 Å². The number of likely N-dealkylation sites (tertiary alicyclic amines) is 1. The molecule has 4 heterocycles. The van der Waals surface area contributed by atoms with Crippen molar-refractivity contribution < 1.29 is 19.5 Å². The predicted octanol–water partition coefficient (Wildman–Crippen LogP) is 4.26. The summed E-state index contributed by atoms with van der Waals surface area (Å²) in [4.78, 5) is 49.4. The van der Waals surface area contributed by atoms with Gasteiger partial charge in [0, 0.05) is 37.5 Å². The minimum atomic E-state index is -0.740. The molecule has 0 aliphatic carbocycles. The van der Waals surface area contributed by atoms with E-state index in [1.165, 1.54) is 0 Å². The third-order valence-electron chi connectivity index (χ3n) is 10.1. The highest BCUT2D eigenvalue weighted by atomic mass is 32.2. The summed E-state index contributed by atoms with van der Waals surface area (Å²) in [5.41, 5.74) is 2.55. The number of hydrogen-bond donors (Lipinski definition) is 1. The Morgan fingerprint density at radius 2 is 1.72 bits per heavy atom. The van der Waals surface area contributed by atoms with Crippen LogP contribution in [0.5, 0.6) is 0 Å². The lowest BCUT2D eigenvalue weighted by molar-refractivity contribution is -0.146. The van der Waals surface area contributed by atoms with Crippen molar-refractivity contribution in [2.45, 2.75) is 67.8 Å². The van der Waals surface area contributed by atoms with E-state index < -0.39 is 27.4 Å². The second kappa shape index (κ2) is 13.6. The first-order chi connectivity index (χ1) is 22.8. The average Bonchev–Trinajstić information content (AvgIpc) is 3.78. The van der Waals surface area contributed by atoms with E-state index >= 15 is 0 Å². The first-order valence-corrected chi connectivity index (χ1v) is 17.3. The summed E-state index contributed by atoms with van der Waals surface area (Å²) in [6.45, 7) is 11.6. The zero-order valence-electron chi connectivity index (χ0n) is 27.0. The molecule has 3 aliphatic rings. The van der Waals surface area contributed by atoms with Crippen LogP contribution in [-0.4, -0.2) is 94.3 Å². The van der Waals surface area contributed by atoms with Gasteiger partial charge in [-0.25, -0.2) is 4.68 Å².